The predicted molar refractivity (Wildman–Crippen MR) is 116 cm³/mol. The summed E-state index contributed by atoms with van der Waals surface area (Å²) < 4.78 is 10.5. The minimum Gasteiger partial charge on any atom is -0.491 e. The van der Waals surface area contributed by atoms with Crippen LogP contribution in [0.25, 0.3) is 17.0 Å². The number of carbonyl (C=O) groups is 1. The molecule has 0 fully saturated rings. The highest BCUT2D eigenvalue weighted by Gasteiger charge is 2.10. The van der Waals surface area contributed by atoms with Gasteiger partial charge >= 0.3 is 0 Å². The van der Waals surface area contributed by atoms with Gasteiger partial charge in [-0.05, 0) is 43.3 Å². The number of anilines is 1. The Morgan fingerprint density at radius 2 is 2.03 bits per heavy atom. The smallest absolute Gasteiger partial charge is 0.290 e. The van der Waals surface area contributed by atoms with Crippen molar-refractivity contribution < 1.29 is 14.3 Å². The van der Waals surface area contributed by atoms with Crippen molar-refractivity contribution in [1.82, 2.24) is 9.97 Å². The van der Waals surface area contributed by atoms with E-state index < -0.39 is 5.91 Å². The average molecular weight is 432 g/mol. The number of ether oxygens (including phenoxy) is 2. The second-order valence-corrected chi connectivity index (χ2v) is 6.76. The van der Waals surface area contributed by atoms with Crippen LogP contribution in [0.3, 0.4) is 0 Å². The molecule has 0 atom stereocenters. The Bertz CT molecular complexity index is 1030. The Morgan fingerprint density at radius 1 is 1.24 bits per heavy atom. The van der Waals surface area contributed by atoms with Crippen LogP contribution in [0.4, 0.5) is 5.69 Å². The van der Waals surface area contributed by atoms with Gasteiger partial charge in [-0.1, -0.05) is 29.3 Å². The number of aromatic amines is 1. The number of halogens is 2. The van der Waals surface area contributed by atoms with Crippen LogP contribution in [0.5, 0.6) is 5.88 Å². The molecule has 0 saturated heterocycles. The Kier molecular flexibility index (Phi) is 6.80. The second kappa shape index (κ2) is 9.49. The minimum atomic E-state index is -0.390. The van der Waals surface area contributed by atoms with Crippen LogP contribution in [0.2, 0.25) is 10.0 Å². The lowest BCUT2D eigenvalue weighted by Gasteiger charge is -2.08. The van der Waals surface area contributed by atoms with Gasteiger partial charge in [-0.3, -0.25) is 4.79 Å². The molecular weight excluding hydrogens is 413 g/mol. The summed E-state index contributed by atoms with van der Waals surface area (Å²) in [5.74, 6) is 0.257. The zero-order valence-corrected chi connectivity index (χ0v) is 17.3. The van der Waals surface area contributed by atoms with Crippen molar-refractivity contribution in [2.24, 2.45) is 0 Å². The van der Waals surface area contributed by atoms with Crippen molar-refractivity contribution in [2.45, 2.75) is 6.92 Å². The van der Waals surface area contributed by atoms with E-state index in [0.717, 1.165) is 16.6 Å². The Labute approximate surface area is 178 Å². The van der Waals surface area contributed by atoms with Gasteiger partial charge < -0.3 is 19.8 Å². The highest BCUT2D eigenvalue weighted by molar-refractivity contribution is 6.42. The molecule has 0 radical (unpaired) electrons. The number of amides is 1. The molecule has 2 aromatic heterocycles. The monoisotopic (exact) mass is 431 g/mol. The second-order valence-electron chi connectivity index (χ2n) is 5.94. The number of aromatic nitrogens is 2. The fourth-order valence-corrected chi connectivity index (χ4v) is 2.93. The number of benzene rings is 1. The summed E-state index contributed by atoms with van der Waals surface area (Å²) in [5, 5.41) is 4.64. The molecule has 0 bridgehead atoms. The number of nitrogens with zero attached hydrogens (tertiary/aromatic N) is 1. The molecule has 0 aliphatic carbocycles. The fourth-order valence-electron chi connectivity index (χ4n) is 2.59. The van der Waals surface area contributed by atoms with Crippen LogP contribution >= 0.6 is 23.2 Å². The lowest BCUT2D eigenvalue weighted by molar-refractivity contribution is -0.115. The van der Waals surface area contributed by atoms with E-state index in [4.69, 9.17) is 32.7 Å². The summed E-state index contributed by atoms with van der Waals surface area (Å²) in [7, 11) is 1.43. The van der Waals surface area contributed by atoms with Crippen molar-refractivity contribution >= 4 is 51.8 Å². The molecule has 0 aliphatic rings. The minimum absolute atomic E-state index is 0.150. The topological polar surface area (TPSA) is 76.2 Å². The molecule has 1 aromatic carbocycles. The summed E-state index contributed by atoms with van der Waals surface area (Å²) >= 11 is 12.1. The molecule has 29 heavy (non-hydrogen) atoms. The van der Waals surface area contributed by atoms with Crippen LogP contribution in [0.15, 0.2) is 54.4 Å². The molecule has 0 unspecified atom stereocenters. The summed E-state index contributed by atoms with van der Waals surface area (Å²) in [4.78, 5) is 19.7. The van der Waals surface area contributed by atoms with Gasteiger partial charge in [0, 0.05) is 22.7 Å². The van der Waals surface area contributed by atoms with Crippen LogP contribution < -0.4 is 10.1 Å². The molecule has 2 N–H and O–H groups in total. The molecule has 3 aromatic rings. The van der Waals surface area contributed by atoms with E-state index in [1.807, 2.05) is 19.1 Å². The number of pyridine rings is 1. The Balaban J connectivity index is 1.69. The molecular formula is C21H19Cl2N3O3. The molecule has 0 spiro atoms. The van der Waals surface area contributed by atoms with Gasteiger partial charge in [0.2, 0.25) is 5.88 Å². The van der Waals surface area contributed by atoms with Gasteiger partial charge in [-0.15, -0.1) is 0 Å². The number of allylic oxidation sites excluding steroid dienone is 2. The summed E-state index contributed by atoms with van der Waals surface area (Å²) in [6.07, 6.45) is 6.62. The highest BCUT2D eigenvalue weighted by atomic mass is 35.5. The van der Waals surface area contributed by atoms with Gasteiger partial charge in [0.15, 0.2) is 5.76 Å². The molecule has 2 heterocycles. The summed E-state index contributed by atoms with van der Waals surface area (Å²) in [6, 6.07) is 8.89. The third-order valence-corrected chi connectivity index (χ3v) is 4.66. The normalized spacial score (nSPS) is 11.8. The maximum absolute atomic E-state index is 12.4. The number of nitrogens with one attached hydrogen (secondary N) is 2. The van der Waals surface area contributed by atoms with Gasteiger partial charge in [0.25, 0.3) is 5.91 Å². The number of hydrogen-bond donors (Lipinski definition) is 2. The van der Waals surface area contributed by atoms with Crippen molar-refractivity contribution in [3.05, 3.63) is 70.2 Å². The maximum atomic E-state index is 12.4. The first-order valence-electron chi connectivity index (χ1n) is 8.80. The molecule has 150 valence electrons. The van der Waals surface area contributed by atoms with E-state index in [1.165, 1.54) is 13.3 Å². The molecule has 6 nitrogen and oxygen atoms in total. The first-order valence-corrected chi connectivity index (χ1v) is 9.56. The average Bonchev–Trinajstić information content (AvgIpc) is 3.08. The van der Waals surface area contributed by atoms with Crippen LogP contribution in [0.1, 0.15) is 12.6 Å². The van der Waals surface area contributed by atoms with E-state index in [-0.39, 0.29) is 5.76 Å². The predicted octanol–water partition coefficient (Wildman–Crippen LogP) is 5.45. The molecule has 1 amide bonds. The Hall–Kier alpha value is -2.96. The quantitative estimate of drug-likeness (QED) is 0.296. The van der Waals surface area contributed by atoms with E-state index in [2.05, 4.69) is 15.3 Å². The largest absolute Gasteiger partial charge is 0.491 e. The van der Waals surface area contributed by atoms with Gasteiger partial charge in [-0.25, -0.2) is 4.98 Å². The lowest BCUT2D eigenvalue weighted by atomic mass is 10.2. The molecule has 8 heteroatoms. The standard InChI is InChI=1S/C21H19Cl2N3O3/c1-3-29-20-8-7-15(12-24-20)26-21(27)19(28-2)6-4-5-14-9-13-10-16(22)17(23)11-18(13)25-14/h4-12,25H,3H2,1-2H3,(H,26,27)/b5-4+,19-6+. The first kappa shape index (κ1) is 20.8. The third-order valence-electron chi connectivity index (χ3n) is 3.94. The van der Waals surface area contributed by atoms with Gasteiger partial charge in [0.05, 0.1) is 35.6 Å². The van der Waals surface area contributed by atoms with Crippen molar-refractivity contribution in [2.75, 3.05) is 19.0 Å². The highest BCUT2D eigenvalue weighted by Crippen LogP contribution is 2.28. The van der Waals surface area contributed by atoms with Crippen molar-refractivity contribution in [1.29, 1.82) is 0 Å². The van der Waals surface area contributed by atoms with Crippen LogP contribution in [0, 0.1) is 0 Å². The number of hydrogen-bond acceptors (Lipinski definition) is 4. The molecule has 0 saturated carbocycles. The number of rotatable bonds is 7. The van der Waals surface area contributed by atoms with Gasteiger partial charge in [0.1, 0.15) is 0 Å². The third kappa shape index (κ3) is 5.31. The Morgan fingerprint density at radius 3 is 2.72 bits per heavy atom. The molecule has 3 rings (SSSR count). The number of methoxy groups -OCH3 is 1. The van der Waals surface area contributed by atoms with E-state index in [1.54, 1.807) is 36.4 Å². The zero-order chi connectivity index (χ0) is 20.8. The number of H-pyrrole nitrogens is 1. The number of carbonyl (C=O) groups excluding carboxylic acids is 1. The van der Waals surface area contributed by atoms with E-state index in [9.17, 15) is 4.79 Å². The van der Waals surface area contributed by atoms with Gasteiger partial charge in [-0.2, -0.15) is 0 Å². The summed E-state index contributed by atoms with van der Waals surface area (Å²) in [5.41, 5.74) is 2.24. The van der Waals surface area contributed by atoms with E-state index in [0.29, 0.717) is 28.2 Å². The van der Waals surface area contributed by atoms with E-state index >= 15 is 0 Å². The first-order chi connectivity index (χ1) is 14.0. The molecule has 0 aliphatic heterocycles. The SMILES string of the molecule is CCOc1ccc(NC(=O)/C(=C\C=C\c2cc3cc(Cl)c(Cl)cc3[nH]2)OC)cn1. The number of fused-ring (bicyclic) bond motifs is 1. The van der Waals surface area contributed by atoms with Crippen LogP contribution in [-0.4, -0.2) is 29.6 Å². The zero-order valence-electron chi connectivity index (χ0n) is 15.8. The van der Waals surface area contributed by atoms with Crippen LogP contribution in [-0.2, 0) is 9.53 Å². The van der Waals surface area contributed by atoms with Crippen molar-refractivity contribution in [3.8, 4) is 5.88 Å². The lowest BCUT2D eigenvalue weighted by Crippen LogP contribution is -2.15. The van der Waals surface area contributed by atoms with Crippen molar-refractivity contribution in [3.63, 3.8) is 0 Å². The maximum Gasteiger partial charge on any atom is 0.290 e. The summed E-state index contributed by atoms with van der Waals surface area (Å²) in [6.45, 7) is 2.40. The fraction of sp³-hybridized carbons (Fsp3) is 0.143.